The number of carbonyl (C=O) groups is 4. The summed E-state index contributed by atoms with van der Waals surface area (Å²) in [6.07, 6.45) is 2.68. The minimum absolute atomic E-state index is 0.0708. The summed E-state index contributed by atoms with van der Waals surface area (Å²) in [5.74, 6) is -1.70. The fourth-order valence-electron chi connectivity index (χ4n) is 2.18. The molecule has 0 atom stereocenters. The molecule has 0 saturated carbocycles. The minimum atomic E-state index is -0.681. The molecule has 0 saturated heterocycles. The van der Waals surface area contributed by atoms with Crippen LogP contribution in [-0.4, -0.2) is 37.3 Å². The van der Waals surface area contributed by atoms with Crippen molar-refractivity contribution < 1.29 is 28.7 Å². The lowest BCUT2D eigenvalue weighted by molar-refractivity contribution is -0.142. The molecule has 0 aliphatic carbocycles. The smallest absolute Gasteiger partial charge is 0.337 e. The van der Waals surface area contributed by atoms with E-state index in [1.807, 2.05) is 0 Å². The summed E-state index contributed by atoms with van der Waals surface area (Å²) in [5.41, 5.74) is 2.11. The summed E-state index contributed by atoms with van der Waals surface area (Å²) in [6, 6.07) is 12.8. The maximum Gasteiger partial charge on any atom is 0.337 e. The summed E-state index contributed by atoms with van der Waals surface area (Å²) in [4.78, 5) is 46.1. The van der Waals surface area contributed by atoms with Gasteiger partial charge in [0, 0.05) is 17.3 Å². The van der Waals surface area contributed by atoms with Gasteiger partial charge in [-0.1, -0.05) is 12.1 Å². The third-order valence-electron chi connectivity index (χ3n) is 3.66. The van der Waals surface area contributed by atoms with E-state index in [1.54, 1.807) is 48.5 Å². The lowest BCUT2D eigenvalue weighted by Gasteiger charge is -2.06. The second-order valence-electron chi connectivity index (χ2n) is 5.74. The number of methoxy groups -OCH3 is 1. The Bertz CT molecular complexity index is 897. The molecule has 0 aromatic heterocycles. The van der Waals surface area contributed by atoms with E-state index in [4.69, 9.17) is 4.74 Å². The standard InChI is InChI=1S/C21H19NO6/c1-14(23)16-8-10-18(11-9-16)22-19(24)13-28-20(25)12-5-15-3-6-17(7-4-15)21(26)27-2/h3-12H,13H2,1-2H3,(H,22,24)/b12-5+. The molecule has 2 rings (SSSR count). The van der Waals surface area contributed by atoms with Crippen molar-refractivity contribution in [2.45, 2.75) is 6.92 Å². The van der Waals surface area contributed by atoms with E-state index in [1.165, 1.54) is 26.2 Å². The largest absolute Gasteiger partial charge is 0.465 e. The van der Waals surface area contributed by atoms with E-state index >= 15 is 0 Å². The molecule has 0 aliphatic rings. The zero-order chi connectivity index (χ0) is 20.5. The maximum absolute atomic E-state index is 11.8. The van der Waals surface area contributed by atoms with Gasteiger partial charge in [-0.25, -0.2) is 9.59 Å². The Labute approximate surface area is 162 Å². The molecule has 28 heavy (non-hydrogen) atoms. The maximum atomic E-state index is 11.8. The Balaban J connectivity index is 1.81. The molecule has 2 aromatic rings. The Morgan fingerprint density at radius 3 is 2.11 bits per heavy atom. The quantitative estimate of drug-likeness (QED) is 0.450. The van der Waals surface area contributed by atoms with Gasteiger partial charge >= 0.3 is 11.9 Å². The molecule has 0 aliphatic heterocycles. The molecule has 7 nitrogen and oxygen atoms in total. The zero-order valence-electron chi connectivity index (χ0n) is 15.4. The van der Waals surface area contributed by atoms with Crippen LogP contribution in [0.4, 0.5) is 5.69 Å². The molecule has 1 N–H and O–H groups in total. The third-order valence-corrected chi connectivity index (χ3v) is 3.66. The van der Waals surface area contributed by atoms with Crippen molar-refractivity contribution in [3.8, 4) is 0 Å². The van der Waals surface area contributed by atoms with Crippen molar-refractivity contribution in [1.29, 1.82) is 0 Å². The van der Waals surface area contributed by atoms with Gasteiger partial charge < -0.3 is 14.8 Å². The van der Waals surface area contributed by atoms with Crippen LogP contribution in [0.5, 0.6) is 0 Å². The molecular weight excluding hydrogens is 362 g/mol. The van der Waals surface area contributed by atoms with Crippen LogP contribution in [0.1, 0.15) is 33.2 Å². The van der Waals surface area contributed by atoms with E-state index < -0.39 is 24.5 Å². The number of Topliss-reactive ketones (excluding diaryl/α,β-unsaturated/α-hetero) is 1. The Morgan fingerprint density at radius 2 is 1.54 bits per heavy atom. The fourth-order valence-corrected chi connectivity index (χ4v) is 2.18. The van der Waals surface area contributed by atoms with E-state index in [0.29, 0.717) is 22.4 Å². The van der Waals surface area contributed by atoms with Gasteiger partial charge in [0.2, 0.25) is 0 Å². The van der Waals surface area contributed by atoms with E-state index in [-0.39, 0.29) is 5.78 Å². The molecule has 0 fully saturated rings. The van der Waals surface area contributed by atoms with Crippen LogP contribution >= 0.6 is 0 Å². The number of rotatable bonds is 7. The molecule has 2 aromatic carbocycles. The predicted molar refractivity (Wildman–Crippen MR) is 103 cm³/mol. The van der Waals surface area contributed by atoms with Gasteiger partial charge in [0.05, 0.1) is 12.7 Å². The number of ketones is 1. The normalized spacial score (nSPS) is 10.4. The Kier molecular flexibility index (Phi) is 7.21. The minimum Gasteiger partial charge on any atom is -0.465 e. The van der Waals surface area contributed by atoms with Gasteiger partial charge in [-0.15, -0.1) is 0 Å². The first-order valence-electron chi connectivity index (χ1n) is 8.33. The highest BCUT2D eigenvalue weighted by Crippen LogP contribution is 2.10. The number of hydrogen-bond acceptors (Lipinski definition) is 6. The zero-order valence-corrected chi connectivity index (χ0v) is 15.4. The number of nitrogens with one attached hydrogen (secondary N) is 1. The molecule has 144 valence electrons. The lowest BCUT2D eigenvalue weighted by atomic mass is 10.1. The van der Waals surface area contributed by atoms with Gasteiger partial charge in [0.15, 0.2) is 12.4 Å². The first-order valence-corrected chi connectivity index (χ1v) is 8.33. The predicted octanol–water partition coefficient (Wildman–Crippen LogP) is 2.87. The van der Waals surface area contributed by atoms with Crippen molar-refractivity contribution >= 4 is 35.4 Å². The topological polar surface area (TPSA) is 98.8 Å². The average Bonchev–Trinajstić information content (AvgIpc) is 2.71. The number of anilines is 1. The monoisotopic (exact) mass is 381 g/mol. The summed E-state index contributed by atoms with van der Waals surface area (Å²) in [6.45, 7) is 1.01. The lowest BCUT2D eigenvalue weighted by Crippen LogP contribution is -2.20. The molecule has 0 spiro atoms. The number of hydrogen-bond donors (Lipinski definition) is 1. The molecule has 1 amide bonds. The van der Waals surface area contributed by atoms with E-state index in [0.717, 1.165) is 0 Å². The van der Waals surface area contributed by atoms with Crippen LogP contribution in [0.3, 0.4) is 0 Å². The molecule has 7 heteroatoms. The highest BCUT2D eigenvalue weighted by Gasteiger charge is 2.07. The van der Waals surface area contributed by atoms with Gasteiger partial charge in [-0.2, -0.15) is 0 Å². The fraction of sp³-hybridized carbons (Fsp3) is 0.143. The van der Waals surface area contributed by atoms with Crippen LogP contribution in [0.25, 0.3) is 6.08 Å². The molecular formula is C21H19NO6. The first kappa shape index (κ1) is 20.6. The average molecular weight is 381 g/mol. The van der Waals surface area contributed by atoms with Crippen molar-refractivity contribution in [1.82, 2.24) is 0 Å². The van der Waals surface area contributed by atoms with Gasteiger partial charge in [-0.3, -0.25) is 9.59 Å². The second kappa shape index (κ2) is 9.82. The van der Waals surface area contributed by atoms with Crippen molar-refractivity contribution in [2.75, 3.05) is 19.0 Å². The van der Waals surface area contributed by atoms with E-state index in [9.17, 15) is 19.2 Å². The van der Waals surface area contributed by atoms with Crippen molar-refractivity contribution in [2.24, 2.45) is 0 Å². The van der Waals surface area contributed by atoms with Gasteiger partial charge in [0.1, 0.15) is 0 Å². The Morgan fingerprint density at radius 1 is 0.929 bits per heavy atom. The van der Waals surface area contributed by atoms with Crippen LogP contribution in [-0.2, 0) is 19.1 Å². The molecule has 0 heterocycles. The number of esters is 2. The third kappa shape index (κ3) is 6.21. The van der Waals surface area contributed by atoms with Crippen molar-refractivity contribution in [3.05, 3.63) is 71.3 Å². The summed E-state index contributed by atoms with van der Waals surface area (Å²) < 4.78 is 9.48. The second-order valence-corrected chi connectivity index (χ2v) is 5.74. The first-order chi connectivity index (χ1) is 13.4. The Hall–Kier alpha value is -3.74. The number of benzene rings is 2. The van der Waals surface area contributed by atoms with Crippen LogP contribution in [0, 0.1) is 0 Å². The summed E-state index contributed by atoms with van der Waals surface area (Å²) in [5, 5.41) is 2.56. The molecule has 0 radical (unpaired) electrons. The summed E-state index contributed by atoms with van der Waals surface area (Å²) >= 11 is 0. The SMILES string of the molecule is COC(=O)c1ccc(/C=C/C(=O)OCC(=O)Nc2ccc(C(C)=O)cc2)cc1. The number of carbonyl (C=O) groups excluding carboxylic acids is 4. The van der Waals surface area contributed by atoms with Gasteiger partial charge in [-0.05, 0) is 55.0 Å². The number of ether oxygens (including phenoxy) is 2. The molecule has 0 unspecified atom stereocenters. The van der Waals surface area contributed by atoms with Crippen LogP contribution < -0.4 is 5.32 Å². The number of amides is 1. The highest BCUT2D eigenvalue weighted by molar-refractivity contribution is 5.97. The molecule has 0 bridgehead atoms. The van der Waals surface area contributed by atoms with Crippen LogP contribution in [0.2, 0.25) is 0 Å². The highest BCUT2D eigenvalue weighted by atomic mass is 16.5. The van der Waals surface area contributed by atoms with E-state index in [2.05, 4.69) is 10.1 Å². The van der Waals surface area contributed by atoms with Gasteiger partial charge in [0.25, 0.3) is 5.91 Å². The summed E-state index contributed by atoms with van der Waals surface area (Å²) in [7, 11) is 1.30. The van der Waals surface area contributed by atoms with Crippen LogP contribution in [0.15, 0.2) is 54.6 Å². The van der Waals surface area contributed by atoms with Crippen molar-refractivity contribution in [3.63, 3.8) is 0 Å².